The van der Waals surface area contributed by atoms with Crippen LogP contribution in [-0.4, -0.2) is 15.8 Å². The Labute approximate surface area is 113 Å². The Balaban J connectivity index is 2.13. The van der Waals surface area contributed by atoms with E-state index in [1.54, 1.807) is 18.2 Å². The van der Waals surface area contributed by atoms with Gasteiger partial charge in [0.25, 0.3) is 0 Å². The molecule has 20 heavy (non-hydrogen) atoms. The first-order valence-electron chi connectivity index (χ1n) is 5.88. The van der Waals surface area contributed by atoms with E-state index in [1.165, 1.54) is 24.4 Å². The van der Waals surface area contributed by atoms with E-state index >= 15 is 0 Å². The SMILES string of the molecule is N#Cc1cccc(C(=O)c2c[nH]c3c(F)cccc23)n1. The molecule has 3 aromatic rings. The summed E-state index contributed by atoms with van der Waals surface area (Å²) in [7, 11) is 0. The quantitative estimate of drug-likeness (QED) is 0.724. The number of nitriles is 1. The molecule has 0 fully saturated rings. The molecule has 0 aliphatic carbocycles. The first-order valence-corrected chi connectivity index (χ1v) is 5.88. The number of fused-ring (bicyclic) bond motifs is 1. The van der Waals surface area contributed by atoms with E-state index in [-0.39, 0.29) is 22.7 Å². The molecule has 2 heterocycles. The molecule has 0 aliphatic rings. The Bertz CT molecular complexity index is 861. The number of ketones is 1. The molecule has 0 bridgehead atoms. The fourth-order valence-corrected chi connectivity index (χ4v) is 2.07. The number of hydrogen-bond acceptors (Lipinski definition) is 3. The van der Waals surface area contributed by atoms with Gasteiger partial charge in [-0.25, -0.2) is 9.37 Å². The summed E-state index contributed by atoms with van der Waals surface area (Å²) in [4.78, 5) is 19.1. The number of carbonyl (C=O) groups is 1. The fraction of sp³-hybridized carbons (Fsp3) is 0. The van der Waals surface area contributed by atoms with E-state index in [0.717, 1.165) is 0 Å². The maximum Gasteiger partial charge on any atom is 0.213 e. The van der Waals surface area contributed by atoms with Crippen LogP contribution in [-0.2, 0) is 0 Å². The van der Waals surface area contributed by atoms with Gasteiger partial charge in [0.2, 0.25) is 5.78 Å². The van der Waals surface area contributed by atoms with E-state index in [4.69, 9.17) is 5.26 Å². The van der Waals surface area contributed by atoms with Crippen molar-refractivity contribution >= 4 is 16.7 Å². The Hall–Kier alpha value is -3.00. The van der Waals surface area contributed by atoms with Crippen molar-refractivity contribution in [2.75, 3.05) is 0 Å². The third-order valence-electron chi connectivity index (χ3n) is 3.01. The standard InChI is InChI=1S/C15H8FN3O/c16-12-5-2-4-10-11(8-18-14(10)12)15(20)13-6-1-3-9(7-17)19-13/h1-6,8,18H. The van der Waals surface area contributed by atoms with Crippen molar-refractivity contribution in [3.05, 3.63) is 65.4 Å². The topological polar surface area (TPSA) is 69.5 Å². The van der Waals surface area contributed by atoms with Gasteiger partial charge in [-0.05, 0) is 18.2 Å². The molecular formula is C15H8FN3O. The molecule has 0 saturated carbocycles. The number of rotatable bonds is 2. The van der Waals surface area contributed by atoms with E-state index in [2.05, 4.69) is 9.97 Å². The number of aromatic amines is 1. The number of benzene rings is 1. The summed E-state index contributed by atoms with van der Waals surface area (Å²) in [5.41, 5.74) is 0.950. The van der Waals surface area contributed by atoms with Crippen LogP contribution in [0.2, 0.25) is 0 Å². The second-order valence-electron chi connectivity index (χ2n) is 4.21. The van der Waals surface area contributed by atoms with Crippen LogP contribution in [0.1, 0.15) is 21.7 Å². The zero-order valence-electron chi connectivity index (χ0n) is 10.2. The van der Waals surface area contributed by atoms with Crippen molar-refractivity contribution < 1.29 is 9.18 Å². The van der Waals surface area contributed by atoms with Gasteiger partial charge in [-0.1, -0.05) is 18.2 Å². The summed E-state index contributed by atoms with van der Waals surface area (Å²) in [6.45, 7) is 0. The summed E-state index contributed by atoms with van der Waals surface area (Å²) in [6, 6.07) is 11.0. The van der Waals surface area contributed by atoms with Crippen LogP contribution in [0.4, 0.5) is 4.39 Å². The van der Waals surface area contributed by atoms with Crippen molar-refractivity contribution in [3.63, 3.8) is 0 Å². The maximum atomic E-state index is 13.6. The predicted molar refractivity (Wildman–Crippen MR) is 70.6 cm³/mol. The first kappa shape index (κ1) is 12.1. The fourth-order valence-electron chi connectivity index (χ4n) is 2.07. The molecule has 1 aromatic carbocycles. The number of aromatic nitrogens is 2. The number of carbonyl (C=O) groups excluding carboxylic acids is 1. The van der Waals surface area contributed by atoms with Crippen molar-refractivity contribution in [1.82, 2.24) is 9.97 Å². The summed E-state index contributed by atoms with van der Waals surface area (Å²) >= 11 is 0. The number of nitrogens with zero attached hydrogens (tertiary/aromatic N) is 2. The normalized spacial score (nSPS) is 10.4. The molecule has 2 aromatic heterocycles. The minimum atomic E-state index is -0.416. The van der Waals surface area contributed by atoms with Gasteiger partial charge in [0.1, 0.15) is 23.3 Å². The molecular weight excluding hydrogens is 257 g/mol. The number of hydrogen-bond donors (Lipinski definition) is 1. The average molecular weight is 265 g/mol. The molecule has 0 radical (unpaired) electrons. The maximum absolute atomic E-state index is 13.6. The molecule has 5 heteroatoms. The highest BCUT2D eigenvalue weighted by molar-refractivity contribution is 6.15. The average Bonchev–Trinajstić information content (AvgIpc) is 2.92. The zero-order valence-corrected chi connectivity index (χ0v) is 10.2. The van der Waals surface area contributed by atoms with Gasteiger partial charge in [-0.2, -0.15) is 5.26 Å². The number of pyridine rings is 1. The minimum Gasteiger partial charge on any atom is -0.358 e. The smallest absolute Gasteiger partial charge is 0.213 e. The minimum absolute atomic E-state index is 0.161. The number of para-hydroxylation sites is 1. The van der Waals surface area contributed by atoms with Gasteiger partial charge < -0.3 is 4.98 Å². The summed E-state index contributed by atoms with van der Waals surface area (Å²) in [5, 5.41) is 9.30. The van der Waals surface area contributed by atoms with Gasteiger partial charge in [0.05, 0.1) is 5.52 Å². The Morgan fingerprint density at radius 2 is 2.05 bits per heavy atom. The molecule has 0 atom stereocenters. The predicted octanol–water partition coefficient (Wildman–Crippen LogP) is 2.80. The summed E-state index contributed by atoms with van der Waals surface area (Å²) < 4.78 is 13.6. The number of nitrogens with one attached hydrogen (secondary N) is 1. The monoisotopic (exact) mass is 265 g/mol. The van der Waals surface area contributed by atoms with Gasteiger partial charge in [0, 0.05) is 17.1 Å². The molecule has 96 valence electrons. The van der Waals surface area contributed by atoms with Crippen LogP contribution >= 0.6 is 0 Å². The second kappa shape index (κ2) is 4.59. The molecule has 0 unspecified atom stereocenters. The first-order chi connectivity index (χ1) is 9.70. The lowest BCUT2D eigenvalue weighted by Crippen LogP contribution is -2.04. The van der Waals surface area contributed by atoms with E-state index in [0.29, 0.717) is 10.9 Å². The summed E-state index contributed by atoms with van der Waals surface area (Å²) in [5.74, 6) is -0.765. The van der Waals surface area contributed by atoms with Crippen LogP contribution in [0.5, 0.6) is 0 Å². The van der Waals surface area contributed by atoms with Crippen molar-refractivity contribution in [1.29, 1.82) is 5.26 Å². The Morgan fingerprint density at radius 3 is 2.85 bits per heavy atom. The zero-order chi connectivity index (χ0) is 14.1. The van der Waals surface area contributed by atoms with Crippen LogP contribution < -0.4 is 0 Å². The van der Waals surface area contributed by atoms with Crippen molar-refractivity contribution in [2.45, 2.75) is 0 Å². The molecule has 0 spiro atoms. The van der Waals surface area contributed by atoms with E-state index in [9.17, 15) is 9.18 Å². The number of H-pyrrole nitrogens is 1. The Kier molecular flexibility index (Phi) is 2.77. The Morgan fingerprint density at radius 1 is 1.25 bits per heavy atom. The molecule has 0 aliphatic heterocycles. The van der Waals surface area contributed by atoms with Crippen molar-refractivity contribution in [2.24, 2.45) is 0 Å². The third-order valence-corrected chi connectivity index (χ3v) is 3.01. The number of halogens is 1. The molecule has 3 rings (SSSR count). The van der Waals surface area contributed by atoms with Gasteiger partial charge >= 0.3 is 0 Å². The van der Waals surface area contributed by atoms with Crippen LogP contribution in [0.15, 0.2) is 42.6 Å². The van der Waals surface area contributed by atoms with Crippen LogP contribution in [0, 0.1) is 17.1 Å². The van der Waals surface area contributed by atoms with E-state index < -0.39 is 5.82 Å². The third kappa shape index (κ3) is 1.84. The van der Waals surface area contributed by atoms with Gasteiger partial charge in [-0.3, -0.25) is 4.79 Å². The molecule has 1 N–H and O–H groups in total. The van der Waals surface area contributed by atoms with Crippen LogP contribution in [0.25, 0.3) is 10.9 Å². The molecule has 0 saturated heterocycles. The highest BCUT2D eigenvalue weighted by atomic mass is 19.1. The highest BCUT2D eigenvalue weighted by Gasteiger charge is 2.17. The van der Waals surface area contributed by atoms with Gasteiger partial charge in [-0.15, -0.1) is 0 Å². The lowest BCUT2D eigenvalue weighted by molar-refractivity contribution is 0.103. The van der Waals surface area contributed by atoms with E-state index in [1.807, 2.05) is 6.07 Å². The van der Waals surface area contributed by atoms with Gasteiger partial charge in [0.15, 0.2) is 0 Å². The summed E-state index contributed by atoms with van der Waals surface area (Å²) in [6.07, 6.45) is 1.46. The second-order valence-corrected chi connectivity index (χ2v) is 4.21. The highest BCUT2D eigenvalue weighted by Crippen LogP contribution is 2.22. The largest absolute Gasteiger partial charge is 0.358 e. The molecule has 0 amide bonds. The van der Waals surface area contributed by atoms with Crippen molar-refractivity contribution in [3.8, 4) is 6.07 Å². The molecule has 4 nitrogen and oxygen atoms in total. The van der Waals surface area contributed by atoms with Crippen LogP contribution in [0.3, 0.4) is 0 Å². The lowest BCUT2D eigenvalue weighted by Gasteiger charge is -1.99. The lowest BCUT2D eigenvalue weighted by atomic mass is 10.1.